The van der Waals surface area contributed by atoms with E-state index in [1.54, 1.807) is 18.7 Å². The number of ether oxygens (including phenoxy) is 1. The van der Waals surface area contributed by atoms with Crippen LogP contribution < -0.4 is 9.64 Å². The molecule has 0 unspecified atom stereocenters. The van der Waals surface area contributed by atoms with Gasteiger partial charge in [-0.05, 0) is 37.0 Å². The van der Waals surface area contributed by atoms with Crippen LogP contribution >= 0.6 is 0 Å². The Labute approximate surface area is 162 Å². The van der Waals surface area contributed by atoms with Crippen LogP contribution in [0.15, 0.2) is 36.9 Å². The molecular formula is C20H22N6O2. The third-order valence-electron chi connectivity index (χ3n) is 5.41. The Morgan fingerprint density at radius 1 is 1.18 bits per heavy atom. The molecule has 0 spiro atoms. The fourth-order valence-corrected chi connectivity index (χ4v) is 3.53. The molecule has 2 aliphatic rings. The van der Waals surface area contributed by atoms with Crippen molar-refractivity contribution in [3.63, 3.8) is 0 Å². The highest BCUT2D eigenvalue weighted by Gasteiger charge is 2.24. The molecule has 8 heteroatoms. The summed E-state index contributed by atoms with van der Waals surface area (Å²) in [6.07, 6.45) is 7.26. The molecule has 0 bridgehead atoms. The molecule has 3 heterocycles. The first-order chi connectivity index (χ1) is 13.8. The number of nitrogens with zero attached hydrogens (tertiary/aromatic N) is 5. The SMILES string of the molecule is O=C(c1cn[nH]c1)N1CCN(c2ccc3ncnc(OCC4CC4)c3c2)CC1. The second-order valence-electron chi connectivity index (χ2n) is 7.40. The number of hydrogen-bond acceptors (Lipinski definition) is 6. The number of carbonyl (C=O) groups excluding carboxylic acids is 1. The van der Waals surface area contributed by atoms with Gasteiger partial charge in [-0.25, -0.2) is 9.97 Å². The van der Waals surface area contributed by atoms with E-state index >= 15 is 0 Å². The molecule has 1 amide bonds. The van der Waals surface area contributed by atoms with Crippen LogP contribution in [0.25, 0.3) is 10.9 Å². The number of amides is 1. The molecule has 1 N–H and O–H groups in total. The molecular weight excluding hydrogens is 356 g/mol. The van der Waals surface area contributed by atoms with Crippen LogP contribution in [-0.2, 0) is 0 Å². The van der Waals surface area contributed by atoms with Crippen molar-refractivity contribution in [1.29, 1.82) is 0 Å². The maximum atomic E-state index is 12.5. The van der Waals surface area contributed by atoms with Gasteiger partial charge in [0.15, 0.2) is 0 Å². The molecule has 3 aromatic rings. The molecule has 2 fully saturated rings. The predicted molar refractivity (Wildman–Crippen MR) is 104 cm³/mol. The summed E-state index contributed by atoms with van der Waals surface area (Å²) >= 11 is 0. The van der Waals surface area contributed by atoms with Gasteiger partial charge in [-0.15, -0.1) is 0 Å². The molecule has 1 saturated carbocycles. The van der Waals surface area contributed by atoms with E-state index in [2.05, 4.69) is 37.2 Å². The van der Waals surface area contributed by atoms with Crippen molar-refractivity contribution in [2.45, 2.75) is 12.8 Å². The highest BCUT2D eigenvalue weighted by atomic mass is 16.5. The number of aromatic amines is 1. The largest absolute Gasteiger partial charge is 0.477 e. The van der Waals surface area contributed by atoms with Crippen LogP contribution in [0, 0.1) is 5.92 Å². The van der Waals surface area contributed by atoms with Crippen molar-refractivity contribution in [2.24, 2.45) is 5.92 Å². The third-order valence-corrected chi connectivity index (χ3v) is 5.41. The first-order valence-corrected chi connectivity index (χ1v) is 9.68. The molecule has 28 heavy (non-hydrogen) atoms. The van der Waals surface area contributed by atoms with Gasteiger partial charge in [0.2, 0.25) is 5.88 Å². The number of H-pyrrole nitrogens is 1. The molecule has 8 nitrogen and oxygen atoms in total. The Kier molecular flexibility index (Phi) is 4.31. The van der Waals surface area contributed by atoms with E-state index in [1.165, 1.54) is 12.8 Å². The number of aromatic nitrogens is 4. The number of fused-ring (bicyclic) bond motifs is 1. The number of anilines is 1. The molecule has 1 saturated heterocycles. The van der Waals surface area contributed by atoms with E-state index in [0.717, 1.165) is 36.3 Å². The minimum atomic E-state index is 0.0241. The average Bonchev–Trinajstić information content (AvgIpc) is 3.42. The average molecular weight is 378 g/mol. The lowest BCUT2D eigenvalue weighted by molar-refractivity contribution is 0.0747. The highest BCUT2D eigenvalue weighted by molar-refractivity contribution is 5.94. The van der Waals surface area contributed by atoms with Gasteiger partial charge in [0, 0.05) is 38.1 Å². The van der Waals surface area contributed by atoms with Crippen molar-refractivity contribution in [3.05, 3.63) is 42.5 Å². The van der Waals surface area contributed by atoms with Crippen molar-refractivity contribution in [3.8, 4) is 5.88 Å². The second-order valence-corrected chi connectivity index (χ2v) is 7.40. The topological polar surface area (TPSA) is 87.2 Å². The standard InChI is InChI=1S/C20H22N6O2/c27-20(15-10-23-24-11-15)26-7-5-25(6-8-26)16-3-4-18-17(9-16)19(22-13-21-18)28-12-14-1-2-14/h3-4,9-11,13-14H,1-2,5-8,12H2,(H,23,24). The van der Waals surface area contributed by atoms with Gasteiger partial charge in [-0.3, -0.25) is 9.89 Å². The minimum absolute atomic E-state index is 0.0241. The Bertz CT molecular complexity index is 978. The van der Waals surface area contributed by atoms with E-state index in [4.69, 9.17) is 4.74 Å². The Hall–Kier alpha value is -3.16. The molecule has 2 aromatic heterocycles. The molecule has 144 valence electrons. The van der Waals surface area contributed by atoms with Gasteiger partial charge < -0.3 is 14.5 Å². The molecule has 0 radical (unpaired) electrons. The van der Waals surface area contributed by atoms with E-state index in [0.29, 0.717) is 30.5 Å². The van der Waals surface area contributed by atoms with E-state index < -0.39 is 0 Å². The van der Waals surface area contributed by atoms with Crippen molar-refractivity contribution in [1.82, 2.24) is 25.1 Å². The van der Waals surface area contributed by atoms with Crippen molar-refractivity contribution in [2.75, 3.05) is 37.7 Å². The first-order valence-electron chi connectivity index (χ1n) is 9.68. The van der Waals surface area contributed by atoms with Crippen LogP contribution in [-0.4, -0.2) is 63.8 Å². The van der Waals surface area contributed by atoms with Crippen molar-refractivity contribution < 1.29 is 9.53 Å². The summed E-state index contributed by atoms with van der Waals surface area (Å²) in [5.74, 6) is 1.36. The van der Waals surface area contributed by atoms with Crippen LogP contribution in [0.4, 0.5) is 5.69 Å². The summed E-state index contributed by atoms with van der Waals surface area (Å²) in [5.41, 5.74) is 2.60. The van der Waals surface area contributed by atoms with Gasteiger partial charge >= 0.3 is 0 Å². The number of hydrogen-bond donors (Lipinski definition) is 1. The predicted octanol–water partition coefficient (Wildman–Crippen LogP) is 2.10. The van der Waals surface area contributed by atoms with Gasteiger partial charge in [0.05, 0.1) is 29.3 Å². The second kappa shape index (κ2) is 7.10. The number of nitrogens with one attached hydrogen (secondary N) is 1. The Balaban J connectivity index is 1.31. The zero-order chi connectivity index (χ0) is 18.9. The number of piperazine rings is 1. The zero-order valence-corrected chi connectivity index (χ0v) is 15.5. The highest BCUT2D eigenvalue weighted by Crippen LogP contribution is 2.32. The van der Waals surface area contributed by atoms with Crippen molar-refractivity contribution >= 4 is 22.5 Å². The lowest BCUT2D eigenvalue weighted by atomic mass is 10.1. The molecule has 1 aromatic carbocycles. The zero-order valence-electron chi connectivity index (χ0n) is 15.5. The smallest absolute Gasteiger partial charge is 0.257 e. The quantitative estimate of drug-likeness (QED) is 0.732. The van der Waals surface area contributed by atoms with E-state index in [-0.39, 0.29) is 5.91 Å². The summed E-state index contributed by atoms with van der Waals surface area (Å²) in [7, 11) is 0. The van der Waals surface area contributed by atoms with Crippen LogP contribution in [0.1, 0.15) is 23.2 Å². The lowest BCUT2D eigenvalue weighted by Crippen LogP contribution is -2.48. The number of rotatable bonds is 5. The molecule has 5 rings (SSSR count). The van der Waals surface area contributed by atoms with Gasteiger partial charge in [0.1, 0.15) is 6.33 Å². The molecule has 0 atom stereocenters. The number of benzene rings is 1. The van der Waals surface area contributed by atoms with Crippen LogP contribution in [0.3, 0.4) is 0 Å². The lowest BCUT2D eigenvalue weighted by Gasteiger charge is -2.36. The monoisotopic (exact) mass is 378 g/mol. The maximum Gasteiger partial charge on any atom is 0.257 e. The van der Waals surface area contributed by atoms with Gasteiger partial charge in [-0.1, -0.05) is 0 Å². The summed E-state index contributed by atoms with van der Waals surface area (Å²) in [6.45, 7) is 3.64. The summed E-state index contributed by atoms with van der Waals surface area (Å²) in [4.78, 5) is 25.3. The fourth-order valence-electron chi connectivity index (χ4n) is 3.53. The molecule has 1 aliphatic heterocycles. The fraction of sp³-hybridized carbons (Fsp3) is 0.400. The minimum Gasteiger partial charge on any atom is -0.477 e. The van der Waals surface area contributed by atoms with Crippen LogP contribution in [0.2, 0.25) is 0 Å². The normalized spacial score (nSPS) is 17.1. The summed E-state index contributed by atoms with van der Waals surface area (Å²) < 4.78 is 5.94. The van der Waals surface area contributed by atoms with E-state index in [9.17, 15) is 4.79 Å². The Morgan fingerprint density at radius 2 is 2.04 bits per heavy atom. The first kappa shape index (κ1) is 17.0. The molecule has 1 aliphatic carbocycles. The van der Waals surface area contributed by atoms with Crippen LogP contribution in [0.5, 0.6) is 5.88 Å². The summed E-state index contributed by atoms with van der Waals surface area (Å²) in [6, 6.07) is 6.19. The van der Waals surface area contributed by atoms with Gasteiger partial charge in [0.25, 0.3) is 5.91 Å². The third kappa shape index (κ3) is 3.37. The maximum absolute atomic E-state index is 12.5. The number of carbonyl (C=O) groups is 1. The Morgan fingerprint density at radius 3 is 2.79 bits per heavy atom. The van der Waals surface area contributed by atoms with Gasteiger partial charge in [-0.2, -0.15) is 5.10 Å². The summed E-state index contributed by atoms with van der Waals surface area (Å²) in [5, 5.41) is 7.50. The van der Waals surface area contributed by atoms with E-state index in [1.807, 2.05) is 11.0 Å².